The number of rotatable bonds is 7. The van der Waals surface area contributed by atoms with Crippen molar-refractivity contribution in [3.63, 3.8) is 0 Å². The van der Waals surface area contributed by atoms with E-state index in [1.54, 1.807) is 42.5 Å². The zero-order valence-electron chi connectivity index (χ0n) is 16.1. The number of fused-ring (bicyclic) bond motifs is 1. The standard InChI is InChI=1S/C22H13ClN2O5S2/c23-14-5-8-16(9-6-14)31-19-10-7-15(25(28)29)11-13(19)12-20(21(26)27)32-22-24-17-3-1-2-4-18(17)30-22/h1-12H,(H,26,27)/b20-12+. The van der Waals surface area contributed by atoms with E-state index in [0.717, 1.165) is 16.7 Å². The molecule has 0 fully saturated rings. The molecule has 7 nitrogen and oxygen atoms in total. The van der Waals surface area contributed by atoms with Gasteiger partial charge in [0.05, 0.1) is 4.92 Å². The molecule has 1 heterocycles. The Labute approximate surface area is 195 Å². The van der Waals surface area contributed by atoms with E-state index >= 15 is 0 Å². The number of aromatic nitrogens is 1. The molecule has 0 saturated carbocycles. The molecule has 0 atom stereocenters. The van der Waals surface area contributed by atoms with Crippen LogP contribution < -0.4 is 0 Å². The molecule has 160 valence electrons. The molecule has 4 rings (SSSR count). The molecule has 4 aromatic rings. The fourth-order valence-electron chi connectivity index (χ4n) is 2.75. The molecule has 0 unspecified atom stereocenters. The minimum atomic E-state index is -1.20. The Balaban J connectivity index is 1.73. The summed E-state index contributed by atoms with van der Waals surface area (Å²) >= 11 is 8.11. The summed E-state index contributed by atoms with van der Waals surface area (Å²) in [6.07, 6.45) is 1.38. The van der Waals surface area contributed by atoms with Gasteiger partial charge in [0.2, 0.25) is 0 Å². The lowest BCUT2D eigenvalue weighted by Crippen LogP contribution is -1.98. The second-order valence-corrected chi connectivity index (χ2v) is 8.94. The number of oxazole rings is 1. The first-order chi connectivity index (χ1) is 15.4. The molecular formula is C22H13ClN2O5S2. The van der Waals surface area contributed by atoms with Crippen LogP contribution in [0.3, 0.4) is 0 Å². The molecule has 0 aliphatic heterocycles. The van der Waals surface area contributed by atoms with Crippen LogP contribution in [0, 0.1) is 10.1 Å². The van der Waals surface area contributed by atoms with Gasteiger partial charge in [-0.25, -0.2) is 9.78 Å². The van der Waals surface area contributed by atoms with Gasteiger partial charge >= 0.3 is 5.97 Å². The third-order valence-corrected chi connectivity index (χ3v) is 6.43. The van der Waals surface area contributed by atoms with E-state index in [9.17, 15) is 20.0 Å². The van der Waals surface area contributed by atoms with Crippen LogP contribution in [-0.4, -0.2) is 21.0 Å². The van der Waals surface area contributed by atoms with Gasteiger partial charge < -0.3 is 9.52 Å². The van der Waals surface area contributed by atoms with Crippen molar-refractivity contribution in [2.45, 2.75) is 15.0 Å². The van der Waals surface area contributed by atoms with Gasteiger partial charge in [0.1, 0.15) is 10.4 Å². The first-order valence-corrected chi connectivity index (χ1v) is 11.1. The van der Waals surface area contributed by atoms with Crippen molar-refractivity contribution in [3.05, 3.63) is 92.3 Å². The average molecular weight is 485 g/mol. The lowest BCUT2D eigenvalue weighted by Gasteiger charge is -2.08. The van der Waals surface area contributed by atoms with Crippen molar-refractivity contribution in [3.8, 4) is 0 Å². The molecule has 10 heteroatoms. The summed E-state index contributed by atoms with van der Waals surface area (Å²) in [5.41, 5.74) is 1.39. The molecule has 0 saturated heterocycles. The van der Waals surface area contributed by atoms with Crippen LogP contribution in [-0.2, 0) is 4.79 Å². The Morgan fingerprint density at radius 1 is 1.12 bits per heavy atom. The summed E-state index contributed by atoms with van der Waals surface area (Å²) < 4.78 is 5.61. The number of non-ortho nitro benzene ring substituents is 1. The number of nitro benzene ring substituents is 1. The number of carbonyl (C=O) groups is 1. The van der Waals surface area contributed by atoms with Gasteiger partial charge in [0.25, 0.3) is 10.9 Å². The smallest absolute Gasteiger partial charge is 0.342 e. The van der Waals surface area contributed by atoms with E-state index in [1.165, 1.54) is 30.0 Å². The van der Waals surface area contributed by atoms with E-state index in [1.807, 2.05) is 12.1 Å². The van der Waals surface area contributed by atoms with E-state index in [2.05, 4.69) is 4.98 Å². The highest BCUT2D eigenvalue weighted by atomic mass is 35.5. The molecule has 0 spiro atoms. The van der Waals surface area contributed by atoms with Crippen LogP contribution in [0.15, 0.2) is 91.1 Å². The van der Waals surface area contributed by atoms with E-state index in [4.69, 9.17) is 16.0 Å². The van der Waals surface area contributed by atoms with Gasteiger partial charge in [-0.05, 0) is 65.9 Å². The molecule has 0 radical (unpaired) electrons. The van der Waals surface area contributed by atoms with Gasteiger partial charge in [0.15, 0.2) is 5.58 Å². The molecule has 1 N–H and O–H groups in total. The maximum absolute atomic E-state index is 11.9. The topological polar surface area (TPSA) is 106 Å². The fraction of sp³-hybridized carbons (Fsp3) is 0. The summed E-state index contributed by atoms with van der Waals surface area (Å²) in [6, 6.07) is 18.5. The van der Waals surface area contributed by atoms with Gasteiger partial charge in [-0.3, -0.25) is 10.1 Å². The molecule has 3 aromatic carbocycles. The number of halogens is 1. The lowest BCUT2D eigenvalue weighted by molar-refractivity contribution is -0.384. The number of aliphatic carboxylic acids is 1. The number of benzene rings is 3. The SMILES string of the molecule is O=C(O)/C(=C\c1cc([N+](=O)[O-])ccc1Sc1ccc(Cl)cc1)Sc1nc2ccccc2o1. The van der Waals surface area contributed by atoms with Crippen molar-refractivity contribution in [2.75, 3.05) is 0 Å². The largest absolute Gasteiger partial charge is 0.477 e. The van der Waals surface area contributed by atoms with Crippen molar-refractivity contribution >= 4 is 64.0 Å². The second kappa shape index (κ2) is 9.47. The van der Waals surface area contributed by atoms with Crippen molar-refractivity contribution in [1.82, 2.24) is 4.98 Å². The number of thioether (sulfide) groups is 1. The second-order valence-electron chi connectivity index (χ2n) is 6.40. The maximum atomic E-state index is 11.9. The number of para-hydroxylation sites is 2. The number of hydrogen-bond donors (Lipinski definition) is 1. The number of carboxylic acids is 1. The van der Waals surface area contributed by atoms with Gasteiger partial charge in [0, 0.05) is 26.9 Å². The zero-order chi connectivity index (χ0) is 22.7. The van der Waals surface area contributed by atoms with Crippen molar-refractivity contribution in [1.29, 1.82) is 0 Å². The molecule has 32 heavy (non-hydrogen) atoms. The third-order valence-electron chi connectivity index (χ3n) is 4.21. The van der Waals surface area contributed by atoms with Crippen LogP contribution >= 0.6 is 35.1 Å². The normalized spacial score (nSPS) is 11.6. The predicted octanol–water partition coefficient (Wildman–Crippen LogP) is 6.76. The van der Waals surface area contributed by atoms with Crippen molar-refractivity contribution < 1.29 is 19.2 Å². The van der Waals surface area contributed by atoms with E-state index in [0.29, 0.717) is 26.6 Å². The van der Waals surface area contributed by atoms with Gasteiger partial charge in [-0.2, -0.15) is 0 Å². The van der Waals surface area contributed by atoms with E-state index in [-0.39, 0.29) is 15.8 Å². The summed E-state index contributed by atoms with van der Waals surface area (Å²) in [5, 5.41) is 21.8. The zero-order valence-corrected chi connectivity index (χ0v) is 18.5. The van der Waals surface area contributed by atoms with Crippen LogP contribution in [0.4, 0.5) is 5.69 Å². The van der Waals surface area contributed by atoms with Crippen LogP contribution in [0.1, 0.15) is 5.56 Å². The molecule has 1 aromatic heterocycles. The molecule has 0 bridgehead atoms. The highest BCUT2D eigenvalue weighted by Gasteiger charge is 2.18. The number of nitrogens with zero attached hydrogens (tertiary/aromatic N) is 2. The van der Waals surface area contributed by atoms with Crippen LogP contribution in [0.2, 0.25) is 5.02 Å². The average Bonchev–Trinajstić information content (AvgIpc) is 3.18. The lowest BCUT2D eigenvalue weighted by atomic mass is 10.2. The number of carboxylic acid groups (broad SMARTS) is 1. The summed E-state index contributed by atoms with van der Waals surface area (Å²) in [6.45, 7) is 0. The van der Waals surface area contributed by atoms with Gasteiger partial charge in [-0.15, -0.1) is 0 Å². The molecule has 0 aliphatic carbocycles. The first-order valence-electron chi connectivity index (χ1n) is 9.09. The van der Waals surface area contributed by atoms with Gasteiger partial charge in [-0.1, -0.05) is 35.5 Å². The molecular weight excluding hydrogens is 472 g/mol. The van der Waals surface area contributed by atoms with Crippen LogP contribution in [0.5, 0.6) is 0 Å². The fourth-order valence-corrected chi connectivity index (χ4v) is 4.51. The Morgan fingerprint density at radius 2 is 1.88 bits per heavy atom. The first kappa shape index (κ1) is 21.9. The summed E-state index contributed by atoms with van der Waals surface area (Å²) in [7, 11) is 0. The third kappa shape index (κ3) is 5.13. The number of nitro groups is 1. The predicted molar refractivity (Wildman–Crippen MR) is 124 cm³/mol. The summed E-state index contributed by atoms with van der Waals surface area (Å²) in [5.74, 6) is -1.20. The monoisotopic (exact) mass is 484 g/mol. The highest BCUT2D eigenvalue weighted by molar-refractivity contribution is 8.04. The van der Waals surface area contributed by atoms with Crippen molar-refractivity contribution in [2.24, 2.45) is 0 Å². The molecule has 0 aliphatic rings. The van der Waals surface area contributed by atoms with E-state index < -0.39 is 10.9 Å². The van der Waals surface area contributed by atoms with Crippen LogP contribution in [0.25, 0.3) is 17.2 Å². The quantitative estimate of drug-likeness (QED) is 0.133. The Bertz CT molecular complexity index is 1320. The summed E-state index contributed by atoms with van der Waals surface area (Å²) in [4.78, 5) is 28.4. The maximum Gasteiger partial charge on any atom is 0.342 e. The minimum absolute atomic E-state index is 0.0880. The Hall–Kier alpha value is -3.27. The Kier molecular flexibility index (Phi) is 6.50. The number of hydrogen-bond acceptors (Lipinski definition) is 7. The highest BCUT2D eigenvalue weighted by Crippen LogP contribution is 2.37. The Morgan fingerprint density at radius 3 is 2.56 bits per heavy atom. The molecule has 0 amide bonds. The minimum Gasteiger partial charge on any atom is -0.477 e.